The standard InChI is InChI=1S/C32H37N3O4/c1-38-24-31(36)35-20-11-5-3-2-4-10-19-34(22-26-13-7-9-15-29(26)35)32(37)30-17-16-27(39-30)23-33-21-18-25-12-6-8-14-28(25)33/h6-9,12-18,21H,2-5,10-11,19-20,22-24H2,1H3. The summed E-state index contributed by atoms with van der Waals surface area (Å²) in [6.45, 7) is 2.27. The summed E-state index contributed by atoms with van der Waals surface area (Å²) in [6, 6.07) is 21.9. The van der Waals surface area contributed by atoms with E-state index < -0.39 is 0 Å². The molecule has 0 bridgehead atoms. The van der Waals surface area contributed by atoms with E-state index in [-0.39, 0.29) is 18.4 Å². The Kier molecular flexibility index (Phi) is 8.78. The molecule has 1 aliphatic heterocycles. The van der Waals surface area contributed by atoms with Gasteiger partial charge in [-0.1, -0.05) is 62.1 Å². The van der Waals surface area contributed by atoms with Gasteiger partial charge in [-0.2, -0.15) is 0 Å². The first-order chi connectivity index (χ1) is 19.1. The van der Waals surface area contributed by atoms with E-state index >= 15 is 0 Å². The summed E-state index contributed by atoms with van der Waals surface area (Å²) in [6.07, 6.45) is 8.31. The Morgan fingerprint density at radius 3 is 2.44 bits per heavy atom. The third-order valence-electron chi connectivity index (χ3n) is 7.44. The number of hydrogen-bond donors (Lipinski definition) is 0. The molecule has 5 rings (SSSR count). The number of benzene rings is 2. The van der Waals surface area contributed by atoms with Crippen LogP contribution in [0.3, 0.4) is 0 Å². The predicted octanol–water partition coefficient (Wildman–Crippen LogP) is 6.26. The molecular weight excluding hydrogens is 490 g/mol. The molecule has 2 amide bonds. The maximum Gasteiger partial charge on any atom is 0.289 e. The van der Waals surface area contributed by atoms with Crippen LogP contribution in [0.15, 0.2) is 77.3 Å². The lowest BCUT2D eigenvalue weighted by molar-refractivity contribution is -0.122. The lowest BCUT2D eigenvalue weighted by Crippen LogP contribution is -2.37. The summed E-state index contributed by atoms with van der Waals surface area (Å²) < 4.78 is 13.4. The van der Waals surface area contributed by atoms with Crippen molar-refractivity contribution in [3.05, 3.63) is 90.0 Å². The van der Waals surface area contributed by atoms with Crippen molar-refractivity contribution in [3.63, 3.8) is 0 Å². The van der Waals surface area contributed by atoms with E-state index in [1.54, 1.807) is 13.2 Å². The van der Waals surface area contributed by atoms with E-state index in [9.17, 15) is 9.59 Å². The van der Waals surface area contributed by atoms with Gasteiger partial charge in [-0.15, -0.1) is 0 Å². The third kappa shape index (κ3) is 6.42. The normalized spacial score (nSPS) is 15.3. The molecule has 0 radical (unpaired) electrons. The zero-order valence-electron chi connectivity index (χ0n) is 22.7. The Morgan fingerprint density at radius 1 is 0.846 bits per heavy atom. The van der Waals surface area contributed by atoms with Gasteiger partial charge in [-0.25, -0.2) is 0 Å². The van der Waals surface area contributed by atoms with Gasteiger partial charge in [0.1, 0.15) is 12.4 Å². The minimum absolute atomic E-state index is 0.0306. The van der Waals surface area contributed by atoms with E-state index in [0.29, 0.717) is 31.9 Å². The number of amides is 2. The monoisotopic (exact) mass is 527 g/mol. The molecule has 39 heavy (non-hydrogen) atoms. The highest BCUT2D eigenvalue weighted by molar-refractivity contribution is 5.95. The lowest BCUT2D eigenvalue weighted by atomic mass is 10.1. The molecule has 0 unspecified atom stereocenters. The van der Waals surface area contributed by atoms with Crippen molar-refractivity contribution in [2.45, 2.75) is 51.6 Å². The molecular formula is C32H37N3O4. The van der Waals surface area contributed by atoms with Gasteiger partial charge in [0, 0.05) is 44.1 Å². The minimum Gasteiger partial charge on any atom is -0.454 e. The SMILES string of the molecule is COCC(=O)N1CCCCCCCCN(C(=O)c2ccc(Cn3ccc4ccccc43)o2)Cc2ccccc21. The molecule has 0 fully saturated rings. The van der Waals surface area contributed by atoms with Crippen LogP contribution in [0.25, 0.3) is 10.9 Å². The zero-order chi connectivity index (χ0) is 27.0. The molecule has 0 spiro atoms. The molecule has 7 heteroatoms. The van der Waals surface area contributed by atoms with E-state index in [1.807, 2.05) is 58.5 Å². The molecule has 0 aliphatic carbocycles. The van der Waals surface area contributed by atoms with Crippen LogP contribution in [0.2, 0.25) is 0 Å². The number of nitrogens with zero attached hydrogens (tertiary/aromatic N) is 3. The summed E-state index contributed by atoms with van der Waals surface area (Å²) in [7, 11) is 1.54. The highest BCUT2D eigenvalue weighted by atomic mass is 16.5. The van der Waals surface area contributed by atoms with Gasteiger partial charge in [0.05, 0.1) is 6.54 Å². The zero-order valence-corrected chi connectivity index (χ0v) is 22.7. The Hall–Kier alpha value is -3.84. The van der Waals surface area contributed by atoms with Crippen LogP contribution in [0, 0.1) is 0 Å². The number of furan rings is 1. The second kappa shape index (κ2) is 12.8. The number of carbonyl (C=O) groups is 2. The van der Waals surface area contributed by atoms with Gasteiger partial charge in [-0.3, -0.25) is 9.59 Å². The number of ether oxygens (including phenoxy) is 1. The van der Waals surface area contributed by atoms with Gasteiger partial charge in [0.15, 0.2) is 5.76 Å². The Balaban J connectivity index is 1.39. The summed E-state index contributed by atoms with van der Waals surface area (Å²) in [4.78, 5) is 30.5. The van der Waals surface area contributed by atoms with Crippen LogP contribution < -0.4 is 4.90 Å². The highest BCUT2D eigenvalue weighted by Crippen LogP contribution is 2.26. The largest absolute Gasteiger partial charge is 0.454 e. The Morgan fingerprint density at radius 2 is 1.59 bits per heavy atom. The quantitative estimate of drug-likeness (QED) is 0.307. The van der Waals surface area contributed by atoms with E-state index in [2.05, 4.69) is 22.8 Å². The lowest BCUT2D eigenvalue weighted by Gasteiger charge is -2.28. The topological polar surface area (TPSA) is 67.9 Å². The van der Waals surface area contributed by atoms with Crippen LogP contribution in [-0.4, -0.2) is 48.1 Å². The number of hydrogen-bond acceptors (Lipinski definition) is 4. The van der Waals surface area contributed by atoms with Crippen molar-refractivity contribution in [3.8, 4) is 0 Å². The first-order valence-corrected chi connectivity index (χ1v) is 13.9. The molecule has 3 heterocycles. The van der Waals surface area contributed by atoms with E-state index in [0.717, 1.165) is 61.1 Å². The van der Waals surface area contributed by atoms with Crippen LogP contribution in [0.1, 0.15) is 60.4 Å². The highest BCUT2D eigenvalue weighted by Gasteiger charge is 2.24. The average molecular weight is 528 g/mol. The number of anilines is 1. The van der Waals surface area contributed by atoms with Crippen molar-refractivity contribution in [1.29, 1.82) is 0 Å². The fourth-order valence-electron chi connectivity index (χ4n) is 5.41. The van der Waals surface area contributed by atoms with Crippen molar-refractivity contribution >= 4 is 28.4 Å². The van der Waals surface area contributed by atoms with Crippen LogP contribution in [0.4, 0.5) is 5.69 Å². The molecule has 1 aliphatic rings. The number of para-hydroxylation sites is 2. The minimum atomic E-state index is -0.127. The van der Waals surface area contributed by atoms with Crippen LogP contribution in [-0.2, 0) is 22.6 Å². The number of aromatic nitrogens is 1. The molecule has 2 aromatic heterocycles. The van der Waals surface area contributed by atoms with Crippen LogP contribution in [0.5, 0.6) is 0 Å². The molecule has 0 N–H and O–H groups in total. The summed E-state index contributed by atoms with van der Waals surface area (Å²) >= 11 is 0. The van der Waals surface area contributed by atoms with E-state index in [1.165, 1.54) is 5.39 Å². The molecule has 204 valence electrons. The van der Waals surface area contributed by atoms with Crippen LogP contribution >= 0.6 is 0 Å². The number of rotatable bonds is 5. The first kappa shape index (κ1) is 26.8. The van der Waals surface area contributed by atoms with Gasteiger partial charge in [0.2, 0.25) is 0 Å². The fourth-order valence-corrected chi connectivity index (χ4v) is 5.41. The molecule has 2 aromatic carbocycles. The second-order valence-corrected chi connectivity index (χ2v) is 10.2. The molecule has 0 saturated heterocycles. The maximum absolute atomic E-state index is 13.8. The smallest absolute Gasteiger partial charge is 0.289 e. The maximum atomic E-state index is 13.8. The van der Waals surface area contributed by atoms with E-state index in [4.69, 9.17) is 9.15 Å². The van der Waals surface area contributed by atoms with Gasteiger partial charge in [-0.05, 0) is 54.1 Å². The van der Waals surface area contributed by atoms with Crippen molar-refractivity contribution < 1.29 is 18.7 Å². The van der Waals surface area contributed by atoms with Gasteiger partial charge < -0.3 is 23.5 Å². The average Bonchev–Trinajstić information content (AvgIpc) is 3.59. The Labute approximate surface area is 230 Å². The van der Waals surface area contributed by atoms with Gasteiger partial charge in [0.25, 0.3) is 11.8 Å². The molecule has 0 saturated carbocycles. The number of fused-ring (bicyclic) bond motifs is 2. The third-order valence-corrected chi connectivity index (χ3v) is 7.44. The summed E-state index contributed by atoms with van der Waals surface area (Å²) in [5.74, 6) is 0.891. The molecule has 4 aromatic rings. The number of methoxy groups -OCH3 is 1. The Bertz CT molecular complexity index is 1410. The fraction of sp³-hybridized carbons (Fsp3) is 0.375. The first-order valence-electron chi connectivity index (χ1n) is 13.9. The summed E-state index contributed by atoms with van der Waals surface area (Å²) in [5, 5.41) is 1.17. The predicted molar refractivity (Wildman–Crippen MR) is 153 cm³/mol. The summed E-state index contributed by atoms with van der Waals surface area (Å²) in [5.41, 5.74) is 2.92. The molecule has 0 atom stereocenters. The van der Waals surface area contributed by atoms with Gasteiger partial charge >= 0.3 is 0 Å². The van der Waals surface area contributed by atoms with Crippen molar-refractivity contribution in [2.75, 3.05) is 31.7 Å². The van der Waals surface area contributed by atoms with Crippen molar-refractivity contribution in [1.82, 2.24) is 9.47 Å². The molecule has 7 nitrogen and oxygen atoms in total. The number of carbonyl (C=O) groups excluding carboxylic acids is 2. The van der Waals surface area contributed by atoms with Crippen molar-refractivity contribution in [2.24, 2.45) is 0 Å². The second-order valence-electron chi connectivity index (χ2n) is 10.2.